The average molecular weight is 285 g/mol. The molecule has 0 bridgehead atoms. The van der Waals surface area contributed by atoms with E-state index in [1.54, 1.807) is 13.0 Å². The number of hydrogen-bond acceptors (Lipinski definition) is 3. The van der Waals surface area contributed by atoms with Gasteiger partial charge in [0, 0.05) is 6.07 Å². The van der Waals surface area contributed by atoms with Gasteiger partial charge in [-0.15, -0.1) is 0 Å². The molecule has 0 aliphatic heterocycles. The van der Waals surface area contributed by atoms with Crippen LogP contribution in [-0.2, 0) is 0 Å². The second-order valence-corrected chi connectivity index (χ2v) is 4.17. The molecule has 2 aromatic rings. The third kappa shape index (κ3) is 2.52. The zero-order chi connectivity index (χ0) is 10.8. The first-order valence-electron chi connectivity index (χ1n) is 4.29. The van der Waals surface area contributed by atoms with Gasteiger partial charge in [-0.25, -0.2) is 15.0 Å². The first-order valence-corrected chi connectivity index (χ1v) is 5.46. The van der Waals surface area contributed by atoms with Gasteiger partial charge in [-0.3, -0.25) is 0 Å². The van der Waals surface area contributed by atoms with E-state index in [9.17, 15) is 0 Å². The molecular formula is C10H7BrClN3. The predicted octanol–water partition coefficient (Wildman–Crippen LogP) is 3.26. The Labute approximate surface area is 101 Å². The van der Waals surface area contributed by atoms with Crippen molar-refractivity contribution in [3.8, 4) is 11.4 Å². The fourth-order valence-corrected chi connectivity index (χ4v) is 1.78. The van der Waals surface area contributed by atoms with E-state index in [-0.39, 0.29) is 0 Å². The van der Waals surface area contributed by atoms with E-state index in [0.29, 0.717) is 11.0 Å². The summed E-state index contributed by atoms with van der Waals surface area (Å²) in [7, 11) is 0. The van der Waals surface area contributed by atoms with Crippen LogP contribution in [0.1, 0.15) is 5.82 Å². The maximum absolute atomic E-state index is 5.85. The van der Waals surface area contributed by atoms with Crippen LogP contribution in [0.2, 0.25) is 5.15 Å². The highest BCUT2D eigenvalue weighted by Gasteiger charge is 2.04. The number of halogens is 2. The van der Waals surface area contributed by atoms with Crippen LogP contribution in [0, 0.1) is 6.92 Å². The summed E-state index contributed by atoms with van der Waals surface area (Å²) in [6.45, 7) is 1.80. The monoisotopic (exact) mass is 283 g/mol. The van der Waals surface area contributed by atoms with Gasteiger partial charge >= 0.3 is 0 Å². The molecule has 0 unspecified atom stereocenters. The quantitative estimate of drug-likeness (QED) is 0.596. The first kappa shape index (κ1) is 10.5. The summed E-state index contributed by atoms with van der Waals surface area (Å²) in [4.78, 5) is 12.6. The molecule has 0 fully saturated rings. The Hall–Kier alpha value is -1.00. The van der Waals surface area contributed by atoms with Crippen molar-refractivity contribution >= 4 is 27.5 Å². The summed E-state index contributed by atoms with van der Waals surface area (Å²) in [5.74, 6) is 0.638. The van der Waals surface area contributed by atoms with Gasteiger partial charge in [0.05, 0.1) is 11.4 Å². The van der Waals surface area contributed by atoms with E-state index in [2.05, 4.69) is 30.9 Å². The van der Waals surface area contributed by atoms with Gasteiger partial charge in [-0.1, -0.05) is 17.7 Å². The summed E-state index contributed by atoms with van der Waals surface area (Å²) in [6.07, 6.45) is 0. The van der Waals surface area contributed by atoms with E-state index in [1.165, 1.54) is 0 Å². The molecule has 0 saturated carbocycles. The summed E-state index contributed by atoms with van der Waals surface area (Å²) in [6, 6.07) is 7.34. The lowest BCUT2D eigenvalue weighted by Gasteiger charge is -2.02. The van der Waals surface area contributed by atoms with Crippen LogP contribution in [0.4, 0.5) is 0 Å². The molecule has 0 aliphatic carbocycles. The van der Waals surface area contributed by atoms with Gasteiger partial charge < -0.3 is 0 Å². The standard InChI is InChI=1S/C10H7BrClN3/c1-6-13-8(5-10(12)14-6)7-3-2-4-9(11)15-7/h2-5H,1H3. The van der Waals surface area contributed by atoms with Crippen molar-refractivity contribution in [2.45, 2.75) is 6.92 Å². The van der Waals surface area contributed by atoms with Gasteiger partial charge in [0.25, 0.3) is 0 Å². The maximum atomic E-state index is 5.85. The molecule has 0 spiro atoms. The molecule has 3 nitrogen and oxygen atoms in total. The Bertz CT molecular complexity index is 482. The zero-order valence-electron chi connectivity index (χ0n) is 7.91. The summed E-state index contributed by atoms with van der Waals surface area (Å²) in [5.41, 5.74) is 1.51. The number of rotatable bonds is 1. The van der Waals surface area contributed by atoms with Gasteiger partial charge in [0.1, 0.15) is 15.6 Å². The van der Waals surface area contributed by atoms with Crippen LogP contribution in [0.5, 0.6) is 0 Å². The Balaban J connectivity index is 2.54. The zero-order valence-corrected chi connectivity index (χ0v) is 10.2. The fourth-order valence-electron chi connectivity index (χ4n) is 1.21. The predicted molar refractivity (Wildman–Crippen MR) is 62.7 cm³/mol. The molecule has 5 heteroatoms. The van der Waals surface area contributed by atoms with Crippen molar-refractivity contribution in [2.24, 2.45) is 0 Å². The lowest BCUT2D eigenvalue weighted by molar-refractivity contribution is 1.05. The van der Waals surface area contributed by atoms with Crippen molar-refractivity contribution in [3.05, 3.63) is 39.8 Å². The lowest BCUT2D eigenvalue weighted by atomic mass is 10.2. The molecule has 2 heterocycles. The van der Waals surface area contributed by atoms with Crippen LogP contribution in [0.3, 0.4) is 0 Å². The number of aromatic nitrogens is 3. The smallest absolute Gasteiger partial charge is 0.133 e. The second-order valence-electron chi connectivity index (χ2n) is 2.97. The Morgan fingerprint density at radius 3 is 2.60 bits per heavy atom. The van der Waals surface area contributed by atoms with Crippen LogP contribution < -0.4 is 0 Å². The number of pyridine rings is 1. The largest absolute Gasteiger partial charge is 0.239 e. The van der Waals surface area contributed by atoms with Crippen LogP contribution in [0.15, 0.2) is 28.9 Å². The molecule has 15 heavy (non-hydrogen) atoms. The third-order valence-electron chi connectivity index (χ3n) is 1.78. The van der Waals surface area contributed by atoms with Crippen molar-refractivity contribution in [1.82, 2.24) is 15.0 Å². The summed E-state index contributed by atoms with van der Waals surface area (Å²) < 4.78 is 0.771. The van der Waals surface area contributed by atoms with Crippen LogP contribution in [-0.4, -0.2) is 15.0 Å². The van der Waals surface area contributed by atoms with E-state index < -0.39 is 0 Å². The lowest BCUT2D eigenvalue weighted by Crippen LogP contribution is -1.93. The van der Waals surface area contributed by atoms with Crippen molar-refractivity contribution in [1.29, 1.82) is 0 Å². The molecule has 0 aromatic carbocycles. The molecule has 2 rings (SSSR count). The summed E-state index contributed by atoms with van der Waals surface area (Å²) in [5, 5.41) is 0.430. The molecule has 0 aliphatic rings. The molecule has 0 amide bonds. The molecule has 0 saturated heterocycles. The molecule has 2 aromatic heterocycles. The normalized spacial score (nSPS) is 10.3. The molecule has 76 valence electrons. The molecular weight excluding hydrogens is 277 g/mol. The van der Waals surface area contributed by atoms with Crippen LogP contribution >= 0.6 is 27.5 Å². The number of hydrogen-bond donors (Lipinski definition) is 0. The highest BCUT2D eigenvalue weighted by atomic mass is 79.9. The highest BCUT2D eigenvalue weighted by Crippen LogP contribution is 2.19. The van der Waals surface area contributed by atoms with Gasteiger partial charge in [0.15, 0.2) is 0 Å². The Morgan fingerprint density at radius 1 is 1.13 bits per heavy atom. The van der Waals surface area contributed by atoms with Gasteiger partial charge in [-0.05, 0) is 35.0 Å². The minimum Gasteiger partial charge on any atom is -0.239 e. The van der Waals surface area contributed by atoms with Crippen molar-refractivity contribution in [2.75, 3.05) is 0 Å². The minimum absolute atomic E-state index is 0.430. The fraction of sp³-hybridized carbons (Fsp3) is 0.100. The summed E-state index contributed by atoms with van der Waals surface area (Å²) >= 11 is 9.16. The Morgan fingerprint density at radius 2 is 1.93 bits per heavy atom. The van der Waals surface area contributed by atoms with E-state index >= 15 is 0 Å². The second kappa shape index (κ2) is 4.24. The SMILES string of the molecule is Cc1nc(Cl)cc(-c2cccc(Br)n2)n1. The van der Waals surface area contributed by atoms with Crippen LogP contribution in [0.25, 0.3) is 11.4 Å². The Kier molecular flexibility index (Phi) is 2.98. The van der Waals surface area contributed by atoms with E-state index in [0.717, 1.165) is 16.0 Å². The molecule has 0 atom stereocenters. The third-order valence-corrected chi connectivity index (χ3v) is 2.42. The maximum Gasteiger partial charge on any atom is 0.133 e. The van der Waals surface area contributed by atoms with Crippen molar-refractivity contribution in [3.63, 3.8) is 0 Å². The van der Waals surface area contributed by atoms with Gasteiger partial charge in [-0.2, -0.15) is 0 Å². The van der Waals surface area contributed by atoms with Gasteiger partial charge in [0.2, 0.25) is 0 Å². The average Bonchev–Trinajstić information content (AvgIpc) is 2.16. The van der Waals surface area contributed by atoms with E-state index in [1.807, 2.05) is 18.2 Å². The number of aryl methyl sites for hydroxylation is 1. The minimum atomic E-state index is 0.430. The highest BCUT2D eigenvalue weighted by molar-refractivity contribution is 9.10. The van der Waals surface area contributed by atoms with E-state index in [4.69, 9.17) is 11.6 Å². The number of nitrogens with zero attached hydrogens (tertiary/aromatic N) is 3. The van der Waals surface area contributed by atoms with Crippen molar-refractivity contribution < 1.29 is 0 Å². The molecule has 0 N–H and O–H groups in total. The topological polar surface area (TPSA) is 38.7 Å². The first-order chi connectivity index (χ1) is 7.15. The molecule has 0 radical (unpaired) electrons.